The van der Waals surface area contributed by atoms with Crippen LogP contribution in [0.1, 0.15) is 30.5 Å². The highest BCUT2D eigenvalue weighted by molar-refractivity contribution is 5.85. The lowest BCUT2D eigenvalue weighted by atomic mass is 9.78. The molecule has 22 heavy (non-hydrogen) atoms. The number of hydrogen-bond donors (Lipinski definition) is 1. The normalized spacial score (nSPS) is 21.8. The van der Waals surface area contributed by atoms with Crippen LogP contribution < -0.4 is 5.32 Å². The predicted molar refractivity (Wildman–Crippen MR) is 80.9 cm³/mol. The summed E-state index contributed by atoms with van der Waals surface area (Å²) in [6.07, 6.45) is 0.454. The summed E-state index contributed by atoms with van der Waals surface area (Å²) in [5.74, 6) is 0. The molecule has 3 heterocycles. The fraction of sp³-hybridized carbons (Fsp3) is 0.667. The van der Waals surface area contributed by atoms with Gasteiger partial charge in [0, 0.05) is 19.3 Å². The molecule has 1 spiro atoms. The zero-order valence-corrected chi connectivity index (χ0v) is 13.1. The van der Waals surface area contributed by atoms with Gasteiger partial charge in [-0.15, -0.1) is 12.4 Å². The second-order valence-corrected chi connectivity index (χ2v) is 6.21. The summed E-state index contributed by atoms with van der Waals surface area (Å²) in [4.78, 5) is 6.10. The number of nitrogens with zero attached hydrogens (tertiary/aromatic N) is 2. The first kappa shape index (κ1) is 17.5. The van der Waals surface area contributed by atoms with E-state index in [2.05, 4.69) is 15.2 Å². The van der Waals surface area contributed by atoms with Gasteiger partial charge in [-0.25, -0.2) is 0 Å². The minimum atomic E-state index is -4.32. The minimum Gasteiger partial charge on any atom is -0.317 e. The number of alkyl halides is 3. The number of halogens is 4. The summed E-state index contributed by atoms with van der Waals surface area (Å²) in [5, 5.41) is 3.35. The number of rotatable bonds is 2. The van der Waals surface area contributed by atoms with Crippen LogP contribution in [0.15, 0.2) is 18.3 Å². The van der Waals surface area contributed by atoms with Crippen molar-refractivity contribution in [2.24, 2.45) is 5.41 Å². The highest BCUT2D eigenvalue weighted by Crippen LogP contribution is 2.39. The Bertz CT molecular complexity index is 501. The highest BCUT2D eigenvalue weighted by atomic mass is 35.5. The largest absolute Gasteiger partial charge is 0.418 e. The summed E-state index contributed by atoms with van der Waals surface area (Å²) < 4.78 is 39.0. The Morgan fingerprint density at radius 1 is 1.23 bits per heavy atom. The number of piperidine rings is 1. The van der Waals surface area contributed by atoms with Gasteiger partial charge in [-0.2, -0.15) is 13.2 Å². The van der Waals surface area contributed by atoms with E-state index in [1.807, 2.05) is 0 Å². The average molecular weight is 336 g/mol. The smallest absolute Gasteiger partial charge is 0.317 e. The second kappa shape index (κ2) is 6.72. The van der Waals surface area contributed by atoms with E-state index in [-0.39, 0.29) is 18.1 Å². The van der Waals surface area contributed by atoms with Crippen molar-refractivity contribution in [1.82, 2.24) is 15.2 Å². The molecular formula is C15H21ClF3N3. The van der Waals surface area contributed by atoms with Crippen LogP contribution in [0.25, 0.3) is 0 Å². The molecule has 0 aliphatic carbocycles. The first-order valence-electron chi connectivity index (χ1n) is 7.43. The maximum atomic E-state index is 13.0. The molecule has 0 radical (unpaired) electrons. The molecule has 1 aromatic rings. The Morgan fingerprint density at radius 2 is 1.95 bits per heavy atom. The summed E-state index contributed by atoms with van der Waals surface area (Å²) in [5.41, 5.74) is -0.148. The molecule has 0 bridgehead atoms. The van der Waals surface area contributed by atoms with Crippen molar-refractivity contribution >= 4 is 12.4 Å². The molecule has 3 nitrogen and oxygen atoms in total. The SMILES string of the molecule is Cl.FC(F)(F)c1cccnc1CN1CCC2(CCNCC2)C1. The first-order chi connectivity index (χ1) is 9.99. The third kappa shape index (κ3) is 3.73. The molecule has 2 saturated heterocycles. The van der Waals surface area contributed by atoms with E-state index >= 15 is 0 Å². The van der Waals surface area contributed by atoms with Crippen LogP contribution in [0, 0.1) is 5.41 Å². The van der Waals surface area contributed by atoms with Crippen LogP contribution in [0.5, 0.6) is 0 Å². The van der Waals surface area contributed by atoms with Gasteiger partial charge in [-0.05, 0) is 56.4 Å². The third-order valence-electron chi connectivity index (χ3n) is 4.75. The van der Waals surface area contributed by atoms with Crippen LogP contribution >= 0.6 is 12.4 Å². The Hall–Kier alpha value is -0.850. The molecule has 0 amide bonds. The van der Waals surface area contributed by atoms with Crippen LogP contribution in [-0.2, 0) is 12.7 Å². The van der Waals surface area contributed by atoms with Gasteiger partial charge in [0.05, 0.1) is 11.3 Å². The number of hydrogen-bond acceptors (Lipinski definition) is 3. The average Bonchev–Trinajstić information content (AvgIpc) is 2.81. The molecule has 2 fully saturated rings. The number of pyridine rings is 1. The van der Waals surface area contributed by atoms with E-state index in [1.54, 1.807) is 0 Å². The quantitative estimate of drug-likeness (QED) is 0.900. The van der Waals surface area contributed by atoms with E-state index < -0.39 is 11.7 Å². The van der Waals surface area contributed by atoms with E-state index in [0.717, 1.165) is 51.5 Å². The molecule has 7 heteroatoms. The standard InChI is InChI=1S/C15H20F3N3.ClH/c16-15(17,18)12-2-1-6-20-13(12)10-21-9-5-14(11-21)3-7-19-8-4-14;/h1-2,6,19H,3-5,7-11H2;1H. The summed E-state index contributed by atoms with van der Waals surface area (Å²) in [6.45, 7) is 4.09. The van der Waals surface area contributed by atoms with Gasteiger partial charge in [0.1, 0.15) is 0 Å². The Morgan fingerprint density at radius 3 is 2.64 bits per heavy atom. The lowest BCUT2D eigenvalue weighted by Gasteiger charge is -2.34. The van der Waals surface area contributed by atoms with Gasteiger partial charge >= 0.3 is 6.18 Å². The topological polar surface area (TPSA) is 28.2 Å². The van der Waals surface area contributed by atoms with Crippen LogP contribution in [-0.4, -0.2) is 36.1 Å². The fourth-order valence-corrected chi connectivity index (χ4v) is 3.56. The lowest BCUT2D eigenvalue weighted by molar-refractivity contribution is -0.138. The van der Waals surface area contributed by atoms with Crippen molar-refractivity contribution in [3.63, 3.8) is 0 Å². The molecular weight excluding hydrogens is 315 g/mol. The Kier molecular flexibility index (Phi) is 5.35. The molecule has 3 rings (SSSR count). The van der Waals surface area contributed by atoms with Gasteiger partial charge in [0.2, 0.25) is 0 Å². The monoisotopic (exact) mass is 335 g/mol. The minimum absolute atomic E-state index is 0. The van der Waals surface area contributed by atoms with Crippen molar-refractivity contribution in [2.75, 3.05) is 26.2 Å². The van der Waals surface area contributed by atoms with Gasteiger partial charge in [-0.1, -0.05) is 0 Å². The second-order valence-electron chi connectivity index (χ2n) is 6.21. The van der Waals surface area contributed by atoms with E-state index in [4.69, 9.17) is 0 Å². The maximum Gasteiger partial charge on any atom is 0.418 e. The molecule has 1 N–H and O–H groups in total. The fourth-order valence-electron chi connectivity index (χ4n) is 3.56. The number of likely N-dealkylation sites (tertiary alicyclic amines) is 1. The summed E-state index contributed by atoms with van der Waals surface area (Å²) >= 11 is 0. The molecule has 2 aliphatic rings. The number of aromatic nitrogens is 1. The molecule has 0 saturated carbocycles. The summed E-state index contributed by atoms with van der Waals surface area (Å²) in [7, 11) is 0. The van der Waals surface area contributed by atoms with E-state index in [0.29, 0.717) is 12.0 Å². The molecule has 0 unspecified atom stereocenters. The lowest BCUT2D eigenvalue weighted by Crippen LogP contribution is -2.38. The molecule has 124 valence electrons. The van der Waals surface area contributed by atoms with Crippen LogP contribution in [0.3, 0.4) is 0 Å². The Balaban J connectivity index is 0.00000176. The van der Waals surface area contributed by atoms with Gasteiger partial charge in [0.15, 0.2) is 0 Å². The van der Waals surface area contributed by atoms with Crippen molar-refractivity contribution in [3.05, 3.63) is 29.6 Å². The van der Waals surface area contributed by atoms with Crippen LogP contribution in [0.2, 0.25) is 0 Å². The summed E-state index contributed by atoms with van der Waals surface area (Å²) in [6, 6.07) is 2.48. The molecule has 0 atom stereocenters. The van der Waals surface area contributed by atoms with Crippen LogP contribution in [0.4, 0.5) is 13.2 Å². The van der Waals surface area contributed by atoms with Gasteiger partial charge in [-0.3, -0.25) is 9.88 Å². The highest BCUT2D eigenvalue weighted by Gasteiger charge is 2.40. The predicted octanol–water partition coefficient (Wildman–Crippen LogP) is 3.10. The van der Waals surface area contributed by atoms with Crippen molar-refractivity contribution in [2.45, 2.75) is 32.0 Å². The zero-order valence-electron chi connectivity index (χ0n) is 12.3. The van der Waals surface area contributed by atoms with E-state index in [9.17, 15) is 13.2 Å². The third-order valence-corrected chi connectivity index (χ3v) is 4.75. The van der Waals surface area contributed by atoms with Crippen molar-refractivity contribution < 1.29 is 13.2 Å². The Labute approximate surface area is 134 Å². The zero-order chi connectivity index (χ0) is 14.9. The molecule has 2 aliphatic heterocycles. The van der Waals surface area contributed by atoms with Gasteiger partial charge < -0.3 is 5.32 Å². The first-order valence-corrected chi connectivity index (χ1v) is 7.43. The van der Waals surface area contributed by atoms with Crippen molar-refractivity contribution in [3.8, 4) is 0 Å². The maximum absolute atomic E-state index is 13.0. The molecule has 1 aromatic heterocycles. The molecule has 0 aromatic carbocycles. The van der Waals surface area contributed by atoms with Gasteiger partial charge in [0.25, 0.3) is 0 Å². The van der Waals surface area contributed by atoms with Crippen molar-refractivity contribution in [1.29, 1.82) is 0 Å². The number of nitrogens with one attached hydrogen (secondary N) is 1. The van der Waals surface area contributed by atoms with E-state index in [1.165, 1.54) is 12.3 Å².